The zero-order chi connectivity index (χ0) is 31.4. The summed E-state index contributed by atoms with van der Waals surface area (Å²) in [5.41, 5.74) is 3.11. The Morgan fingerprint density at radius 3 is 2.39 bits per heavy atom. The van der Waals surface area contributed by atoms with Gasteiger partial charge in [-0.3, -0.25) is 24.3 Å². The molecule has 0 N–H and O–H groups in total. The first-order valence-electron chi connectivity index (χ1n) is 14.2. The number of methoxy groups -OCH3 is 1. The number of para-hydroxylation sites is 1. The van der Waals surface area contributed by atoms with Gasteiger partial charge in [-0.25, -0.2) is 4.99 Å². The Hall–Kier alpha value is -5.03. The second-order valence-electron chi connectivity index (χ2n) is 10.1. The Morgan fingerprint density at radius 2 is 1.75 bits per heavy atom. The van der Waals surface area contributed by atoms with E-state index >= 15 is 0 Å². The van der Waals surface area contributed by atoms with Crippen LogP contribution in [0.2, 0.25) is 0 Å². The normalized spacial score (nSPS) is 14.5. The molecule has 4 aromatic rings. The predicted molar refractivity (Wildman–Crippen MR) is 169 cm³/mol. The largest absolute Gasteiger partial charge is 0.496 e. The van der Waals surface area contributed by atoms with Gasteiger partial charge in [-0.1, -0.05) is 41.7 Å². The Balaban J connectivity index is 1.49. The van der Waals surface area contributed by atoms with Crippen LogP contribution in [0.3, 0.4) is 0 Å². The van der Waals surface area contributed by atoms with Crippen LogP contribution in [0, 0.1) is 10.1 Å². The fourth-order valence-electron chi connectivity index (χ4n) is 5.15. The fourth-order valence-corrected chi connectivity index (χ4v) is 6.20. The van der Waals surface area contributed by atoms with Crippen LogP contribution in [0.15, 0.2) is 93.9 Å². The smallest absolute Gasteiger partial charge is 0.271 e. The molecule has 5 rings (SSSR count). The number of benzene rings is 3. The van der Waals surface area contributed by atoms with Crippen molar-refractivity contribution >= 4 is 29.0 Å². The molecule has 11 heteroatoms. The molecule has 1 aliphatic heterocycles. The van der Waals surface area contributed by atoms with E-state index in [4.69, 9.17) is 14.5 Å². The summed E-state index contributed by atoms with van der Waals surface area (Å²) in [5.74, 6) is 1.04. The first kappa shape index (κ1) is 30.4. The average molecular weight is 613 g/mol. The highest BCUT2D eigenvalue weighted by atomic mass is 32.1. The van der Waals surface area contributed by atoms with Gasteiger partial charge in [0.2, 0.25) is 0 Å². The van der Waals surface area contributed by atoms with Gasteiger partial charge in [0.25, 0.3) is 17.2 Å². The van der Waals surface area contributed by atoms with Gasteiger partial charge >= 0.3 is 0 Å². The maximum atomic E-state index is 14.0. The van der Waals surface area contributed by atoms with E-state index in [0.717, 1.165) is 11.1 Å². The lowest BCUT2D eigenvalue weighted by molar-refractivity contribution is -0.384. The monoisotopic (exact) mass is 612 g/mol. The van der Waals surface area contributed by atoms with Crippen LogP contribution in [-0.2, 0) is 11.4 Å². The van der Waals surface area contributed by atoms with Gasteiger partial charge in [0.15, 0.2) is 4.80 Å². The number of fused-ring (bicyclic) bond motifs is 1. The highest BCUT2D eigenvalue weighted by Crippen LogP contribution is 2.36. The van der Waals surface area contributed by atoms with E-state index in [1.54, 1.807) is 46.9 Å². The van der Waals surface area contributed by atoms with E-state index in [-0.39, 0.29) is 23.8 Å². The van der Waals surface area contributed by atoms with Crippen molar-refractivity contribution < 1.29 is 19.2 Å². The van der Waals surface area contributed by atoms with Gasteiger partial charge in [0.1, 0.15) is 24.1 Å². The molecule has 1 aliphatic rings. The van der Waals surface area contributed by atoms with Gasteiger partial charge in [-0.2, -0.15) is 0 Å². The van der Waals surface area contributed by atoms with Gasteiger partial charge < -0.3 is 14.4 Å². The topological polar surface area (TPSA) is 116 Å². The Bertz CT molecular complexity index is 1910. The average Bonchev–Trinajstić information content (AvgIpc) is 3.34. The van der Waals surface area contributed by atoms with Crippen molar-refractivity contribution in [1.82, 2.24) is 9.47 Å². The minimum Gasteiger partial charge on any atom is -0.496 e. The number of hydrogen-bond donors (Lipinski definition) is 0. The standard InChI is InChI=1S/C33H32N4O6S/c1-5-35(6-2)32(39)29-21(3)34-33-36(30(29)26-9-7-8-10-27(26)42-4)31(38)28(44-33)19-22-13-17-25(18-14-22)43-20-23-11-15-24(16-12-23)37(40)41/h7-19,30H,5-6,20H2,1-4H3/b28-19+/t30-/m1/s1. The van der Waals surface area contributed by atoms with Crippen LogP contribution in [0.25, 0.3) is 6.08 Å². The van der Waals surface area contributed by atoms with Crippen LogP contribution < -0.4 is 24.4 Å². The van der Waals surface area contributed by atoms with Crippen LogP contribution in [0.1, 0.15) is 43.5 Å². The molecule has 1 atom stereocenters. The molecule has 0 unspecified atom stereocenters. The number of rotatable bonds is 10. The van der Waals surface area contributed by atoms with Crippen molar-refractivity contribution in [2.45, 2.75) is 33.4 Å². The minimum absolute atomic E-state index is 0.0273. The van der Waals surface area contributed by atoms with Gasteiger partial charge in [0.05, 0.1) is 27.8 Å². The molecular formula is C33H32N4O6S. The number of nitrogens with zero attached hydrogens (tertiary/aromatic N) is 4. The number of aromatic nitrogens is 1. The Kier molecular flexibility index (Phi) is 9.05. The zero-order valence-electron chi connectivity index (χ0n) is 24.9. The van der Waals surface area contributed by atoms with E-state index < -0.39 is 11.0 Å². The highest BCUT2D eigenvalue weighted by molar-refractivity contribution is 7.07. The SMILES string of the molecule is CCN(CC)C(=O)C1=C(C)N=c2s/c(=C/c3ccc(OCc4ccc([N+](=O)[O-])cc4)cc3)c(=O)n2[C@@H]1c1ccccc1OC. The molecular weight excluding hydrogens is 580 g/mol. The lowest BCUT2D eigenvalue weighted by Crippen LogP contribution is -2.43. The number of carbonyl (C=O) groups is 1. The van der Waals surface area contributed by atoms with Crippen molar-refractivity contribution in [1.29, 1.82) is 0 Å². The molecule has 0 saturated heterocycles. The van der Waals surface area contributed by atoms with Crippen LogP contribution in [0.5, 0.6) is 11.5 Å². The maximum absolute atomic E-state index is 14.0. The molecule has 10 nitrogen and oxygen atoms in total. The molecule has 0 bridgehead atoms. The van der Waals surface area contributed by atoms with E-state index in [1.165, 1.54) is 23.5 Å². The summed E-state index contributed by atoms with van der Waals surface area (Å²) in [5, 5.41) is 10.9. The third-order valence-corrected chi connectivity index (χ3v) is 8.45. The van der Waals surface area contributed by atoms with Crippen molar-refractivity contribution in [2.75, 3.05) is 20.2 Å². The number of carbonyl (C=O) groups excluding carboxylic acids is 1. The Morgan fingerprint density at radius 1 is 1.07 bits per heavy atom. The summed E-state index contributed by atoms with van der Waals surface area (Å²) in [6.45, 7) is 6.98. The maximum Gasteiger partial charge on any atom is 0.271 e. The molecule has 0 aliphatic carbocycles. The van der Waals surface area contributed by atoms with Gasteiger partial charge in [-0.15, -0.1) is 0 Å². The van der Waals surface area contributed by atoms with E-state index in [1.807, 2.05) is 57.2 Å². The molecule has 3 aromatic carbocycles. The molecule has 0 radical (unpaired) electrons. The van der Waals surface area contributed by atoms with E-state index in [0.29, 0.717) is 50.8 Å². The van der Waals surface area contributed by atoms with Crippen molar-refractivity contribution in [3.63, 3.8) is 0 Å². The number of amides is 1. The van der Waals surface area contributed by atoms with Crippen molar-refractivity contribution in [3.8, 4) is 11.5 Å². The summed E-state index contributed by atoms with van der Waals surface area (Å²) >= 11 is 1.27. The van der Waals surface area contributed by atoms with Crippen molar-refractivity contribution in [2.24, 2.45) is 4.99 Å². The molecule has 2 heterocycles. The third kappa shape index (κ3) is 6.04. The molecule has 44 heavy (non-hydrogen) atoms. The second kappa shape index (κ2) is 13.1. The summed E-state index contributed by atoms with van der Waals surface area (Å²) in [6.07, 6.45) is 1.80. The van der Waals surface area contributed by atoms with Gasteiger partial charge in [0, 0.05) is 30.8 Å². The quantitative estimate of drug-likeness (QED) is 0.191. The summed E-state index contributed by atoms with van der Waals surface area (Å²) in [4.78, 5) is 45.2. The predicted octanol–water partition coefficient (Wildman–Crippen LogP) is 4.60. The van der Waals surface area contributed by atoms with Crippen molar-refractivity contribution in [3.05, 3.63) is 131 Å². The first-order chi connectivity index (χ1) is 21.2. The lowest BCUT2D eigenvalue weighted by atomic mass is 9.94. The highest BCUT2D eigenvalue weighted by Gasteiger charge is 2.35. The second-order valence-corrected chi connectivity index (χ2v) is 11.1. The number of ether oxygens (including phenoxy) is 2. The molecule has 0 spiro atoms. The van der Waals surface area contributed by atoms with Crippen LogP contribution in [-0.4, -0.2) is 40.5 Å². The van der Waals surface area contributed by atoms with Crippen LogP contribution in [0.4, 0.5) is 5.69 Å². The molecule has 1 aromatic heterocycles. The zero-order valence-corrected chi connectivity index (χ0v) is 25.7. The number of non-ortho nitro benzene ring substituents is 1. The first-order valence-corrected chi connectivity index (χ1v) is 15.0. The van der Waals surface area contributed by atoms with Gasteiger partial charge in [-0.05, 0) is 68.3 Å². The molecule has 0 saturated carbocycles. The number of thiazole rings is 1. The van der Waals surface area contributed by atoms with E-state index in [9.17, 15) is 19.7 Å². The Labute approximate surface area is 258 Å². The minimum atomic E-state index is -0.701. The molecule has 226 valence electrons. The number of allylic oxidation sites excluding steroid dienone is 1. The summed E-state index contributed by atoms with van der Waals surface area (Å²) in [6, 6.07) is 20.2. The summed E-state index contributed by atoms with van der Waals surface area (Å²) in [7, 11) is 1.57. The summed E-state index contributed by atoms with van der Waals surface area (Å²) < 4.78 is 13.6. The van der Waals surface area contributed by atoms with Crippen LogP contribution >= 0.6 is 11.3 Å². The fraction of sp³-hybridized carbons (Fsp3) is 0.242. The number of hydrogen-bond acceptors (Lipinski definition) is 8. The van der Waals surface area contributed by atoms with E-state index in [2.05, 4.69) is 0 Å². The molecule has 1 amide bonds. The molecule has 0 fully saturated rings. The number of nitro groups is 1. The number of likely N-dealkylation sites (N-methyl/N-ethyl adjacent to an activating group) is 1. The third-order valence-electron chi connectivity index (χ3n) is 7.47. The lowest BCUT2D eigenvalue weighted by Gasteiger charge is -2.29. The number of nitro benzene ring substituents is 1.